The van der Waals surface area contributed by atoms with Gasteiger partial charge < -0.3 is 10.3 Å². The number of amides is 1. The van der Waals surface area contributed by atoms with Gasteiger partial charge in [0.05, 0.1) is 11.9 Å². The molecule has 0 aliphatic heterocycles. The predicted octanol–water partition coefficient (Wildman–Crippen LogP) is 1.28. The minimum absolute atomic E-state index is 0.443. The van der Waals surface area contributed by atoms with E-state index in [1.54, 1.807) is 35.3 Å². The lowest BCUT2D eigenvalue weighted by molar-refractivity contribution is 0.0994. The van der Waals surface area contributed by atoms with Gasteiger partial charge in [-0.05, 0) is 30.7 Å². The van der Waals surface area contributed by atoms with Crippen molar-refractivity contribution in [2.45, 2.75) is 6.92 Å². The van der Waals surface area contributed by atoms with Gasteiger partial charge in [0.1, 0.15) is 5.69 Å². The Hall–Kier alpha value is -2.10. The highest BCUT2D eigenvalue weighted by atomic mass is 16.1. The van der Waals surface area contributed by atoms with Crippen molar-refractivity contribution in [1.29, 1.82) is 0 Å². The molecule has 2 N–H and O–H groups in total. The molecular formula is C11H11N3O. The lowest BCUT2D eigenvalue weighted by Crippen LogP contribution is -2.15. The quantitative estimate of drug-likeness (QED) is 0.795. The van der Waals surface area contributed by atoms with Crippen LogP contribution in [0.5, 0.6) is 0 Å². The van der Waals surface area contributed by atoms with Crippen LogP contribution in [-0.2, 0) is 0 Å². The summed E-state index contributed by atoms with van der Waals surface area (Å²) in [6, 6.07) is 5.41. The normalized spacial score (nSPS) is 10.2. The summed E-state index contributed by atoms with van der Waals surface area (Å²) in [6.45, 7) is 1.95. The number of nitrogens with two attached hydrogens (primary N) is 1. The van der Waals surface area contributed by atoms with Gasteiger partial charge in [-0.1, -0.05) is 0 Å². The van der Waals surface area contributed by atoms with Crippen LogP contribution in [0.2, 0.25) is 0 Å². The van der Waals surface area contributed by atoms with Gasteiger partial charge in [-0.3, -0.25) is 9.78 Å². The Kier molecular flexibility index (Phi) is 2.25. The number of aryl methyl sites for hydroxylation is 1. The third-order valence-corrected chi connectivity index (χ3v) is 2.14. The third-order valence-electron chi connectivity index (χ3n) is 2.14. The van der Waals surface area contributed by atoms with E-state index in [2.05, 4.69) is 4.98 Å². The molecule has 0 aromatic carbocycles. The highest BCUT2D eigenvalue weighted by Crippen LogP contribution is 2.12. The van der Waals surface area contributed by atoms with Crippen LogP contribution in [-0.4, -0.2) is 15.5 Å². The maximum atomic E-state index is 11.1. The molecule has 0 radical (unpaired) electrons. The van der Waals surface area contributed by atoms with E-state index in [0.717, 1.165) is 11.3 Å². The predicted molar refractivity (Wildman–Crippen MR) is 56.8 cm³/mol. The van der Waals surface area contributed by atoms with Crippen molar-refractivity contribution in [3.63, 3.8) is 0 Å². The first kappa shape index (κ1) is 9.45. The summed E-state index contributed by atoms with van der Waals surface area (Å²) in [4.78, 5) is 15.2. The third kappa shape index (κ3) is 1.74. The summed E-state index contributed by atoms with van der Waals surface area (Å²) in [5.41, 5.74) is 7.59. The lowest BCUT2D eigenvalue weighted by atomic mass is 10.3. The van der Waals surface area contributed by atoms with Gasteiger partial charge in [0, 0.05) is 12.4 Å². The number of pyridine rings is 1. The average molecular weight is 201 g/mol. The number of carbonyl (C=O) groups is 1. The fraction of sp³-hybridized carbons (Fsp3) is 0.0909. The molecule has 2 aromatic heterocycles. The molecule has 2 heterocycles. The van der Waals surface area contributed by atoms with Crippen molar-refractivity contribution < 1.29 is 4.79 Å². The molecular weight excluding hydrogens is 190 g/mol. The van der Waals surface area contributed by atoms with Crippen molar-refractivity contribution in [2.24, 2.45) is 5.73 Å². The van der Waals surface area contributed by atoms with E-state index in [0.29, 0.717) is 5.69 Å². The summed E-state index contributed by atoms with van der Waals surface area (Å²) in [5, 5.41) is 0. The van der Waals surface area contributed by atoms with Gasteiger partial charge in [0.2, 0.25) is 0 Å². The molecule has 0 aliphatic carbocycles. The summed E-state index contributed by atoms with van der Waals surface area (Å²) >= 11 is 0. The zero-order chi connectivity index (χ0) is 10.8. The average Bonchev–Trinajstić information content (AvgIpc) is 2.65. The molecule has 15 heavy (non-hydrogen) atoms. The van der Waals surface area contributed by atoms with E-state index in [1.807, 2.05) is 13.0 Å². The molecule has 0 atom stereocenters. The molecule has 4 nitrogen and oxygen atoms in total. The van der Waals surface area contributed by atoms with E-state index in [4.69, 9.17) is 5.73 Å². The molecule has 2 aromatic rings. The Morgan fingerprint density at radius 1 is 1.47 bits per heavy atom. The monoisotopic (exact) mass is 201 g/mol. The SMILES string of the molecule is Cc1cncc(-n2cccc2C(N)=O)c1. The van der Waals surface area contributed by atoms with Gasteiger partial charge >= 0.3 is 0 Å². The summed E-state index contributed by atoms with van der Waals surface area (Å²) in [7, 11) is 0. The molecule has 0 bridgehead atoms. The highest BCUT2D eigenvalue weighted by Gasteiger charge is 2.07. The largest absolute Gasteiger partial charge is 0.364 e. The van der Waals surface area contributed by atoms with Gasteiger partial charge in [-0.2, -0.15) is 0 Å². The Bertz CT molecular complexity index is 502. The van der Waals surface area contributed by atoms with Crippen molar-refractivity contribution in [3.8, 4) is 5.69 Å². The van der Waals surface area contributed by atoms with Crippen LogP contribution in [0.25, 0.3) is 5.69 Å². The van der Waals surface area contributed by atoms with Crippen molar-refractivity contribution in [1.82, 2.24) is 9.55 Å². The Morgan fingerprint density at radius 3 is 2.93 bits per heavy atom. The van der Waals surface area contributed by atoms with Crippen molar-refractivity contribution in [2.75, 3.05) is 0 Å². The fourth-order valence-corrected chi connectivity index (χ4v) is 1.48. The molecule has 0 fully saturated rings. The second kappa shape index (κ2) is 3.57. The summed E-state index contributed by atoms with van der Waals surface area (Å²) in [6.07, 6.45) is 5.24. The summed E-state index contributed by atoms with van der Waals surface area (Å²) < 4.78 is 1.72. The number of primary amides is 1. The van der Waals surface area contributed by atoms with Crippen LogP contribution in [0.1, 0.15) is 16.1 Å². The van der Waals surface area contributed by atoms with E-state index < -0.39 is 5.91 Å². The minimum atomic E-state index is -0.443. The summed E-state index contributed by atoms with van der Waals surface area (Å²) in [5.74, 6) is -0.443. The number of hydrogen-bond acceptors (Lipinski definition) is 2. The molecule has 76 valence electrons. The van der Waals surface area contributed by atoms with Crippen LogP contribution in [0.15, 0.2) is 36.8 Å². The molecule has 2 rings (SSSR count). The zero-order valence-electron chi connectivity index (χ0n) is 8.34. The standard InChI is InChI=1S/C11H11N3O/c1-8-5-9(7-13-6-8)14-4-2-3-10(14)11(12)15/h2-7H,1H3,(H2,12,15). The van der Waals surface area contributed by atoms with E-state index in [-0.39, 0.29) is 0 Å². The van der Waals surface area contributed by atoms with E-state index in [9.17, 15) is 4.79 Å². The van der Waals surface area contributed by atoms with Crippen molar-refractivity contribution >= 4 is 5.91 Å². The maximum absolute atomic E-state index is 11.1. The number of aromatic nitrogens is 2. The second-order valence-electron chi connectivity index (χ2n) is 3.35. The van der Waals surface area contributed by atoms with Gasteiger partial charge in [0.15, 0.2) is 0 Å². The van der Waals surface area contributed by atoms with Crippen LogP contribution >= 0.6 is 0 Å². The zero-order valence-corrected chi connectivity index (χ0v) is 8.34. The maximum Gasteiger partial charge on any atom is 0.265 e. The van der Waals surface area contributed by atoms with Gasteiger partial charge in [-0.15, -0.1) is 0 Å². The molecule has 0 aliphatic rings. The minimum Gasteiger partial charge on any atom is -0.364 e. The van der Waals surface area contributed by atoms with Gasteiger partial charge in [-0.25, -0.2) is 0 Å². The smallest absolute Gasteiger partial charge is 0.265 e. The Morgan fingerprint density at radius 2 is 2.27 bits per heavy atom. The lowest BCUT2D eigenvalue weighted by Gasteiger charge is -2.06. The van der Waals surface area contributed by atoms with E-state index >= 15 is 0 Å². The molecule has 0 saturated carbocycles. The molecule has 0 unspecified atom stereocenters. The van der Waals surface area contributed by atoms with E-state index in [1.165, 1.54) is 0 Å². The number of carbonyl (C=O) groups excluding carboxylic acids is 1. The highest BCUT2D eigenvalue weighted by molar-refractivity contribution is 5.91. The topological polar surface area (TPSA) is 60.9 Å². The molecule has 1 amide bonds. The Labute approximate surface area is 87.4 Å². The number of rotatable bonds is 2. The van der Waals surface area contributed by atoms with Gasteiger partial charge in [0.25, 0.3) is 5.91 Å². The van der Waals surface area contributed by atoms with Crippen molar-refractivity contribution in [3.05, 3.63) is 48.0 Å². The Balaban J connectivity index is 2.54. The van der Waals surface area contributed by atoms with Crippen LogP contribution in [0.3, 0.4) is 0 Å². The number of hydrogen-bond donors (Lipinski definition) is 1. The fourth-order valence-electron chi connectivity index (χ4n) is 1.48. The van der Waals surface area contributed by atoms with Crippen LogP contribution < -0.4 is 5.73 Å². The first-order valence-corrected chi connectivity index (χ1v) is 4.57. The first-order valence-electron chi connectivity index (χ1n) is 4.57. The second-order valence-corrected chi connectivity index (χ2v) is 3.35. The van der Waals surface area contributed by atoms with Crippen LogP contribution in [0.4, 0.5) is 0 Å². The molecule has 0 spiro atoms. The number of nitrogens with zero attached hydrogens (tertiary/aromatic N) is 2. The molecule has 0 saturated heterocycles. The van der Waals surface area contributed by atoms with Crippen LogP contribution in [0, 0.1) is 6.92 Å². The molecule has 4 heteroatoms. The first-order chi connectivity index (χ1) is 7.18.